The van der Waals surface area contributed by atoms with Crippen molar-refractivity contribution >= 4 is 94.7 Å². The first kappa shape index (κ1) is 70.2. The molecule has 76 heavy (non-hydrogen) atoms. The van der Waals surface area contributed by atoms with Gasteiger partial charge in [-0.25, -0.2) is 4.79 Å². The van der Waals surface area contributed by atoms with Crippen molar-refractivity contribution in [3.05, 3.63) is 98.9 Å². The summed E-state index contributed by atoms with van der Waals surface area (Å²) in [4.78, 5) is 78.0. The van der Waals surface area contributed by atoms with Crippen molar-refractivity contribution in [3.63, 3.8) is 0 Å². The van der Waals surface area contributed by atoms with E-state index in [-0.39, 0.29) is 43.7 Å². The van der Waals surface area contributed by atoms with Crippen LogP contribution >= 0.6 is 34.9 Å². The van der Waals surface area contributed by atoms with Gasteiger partial charge in [-0.1, -0.05) is 135 Å². The number of halogens is 1. The summed E-state index contributed by atoms with van der Waals surface area (Å²) in [7, 11) is 1.95. The molecule has 6 rings (SSSR count). The third-order valence-electron chi connectivity index (χ3n) is 11.0. The molecule has 4 aromatic rings. The Bertz CT molecular complexity index is 2310. The minimum absolute atomic E-state index is 0.0544. The number of carboxylic acids is 1. The van der Waals surface area contributed by atoms with Crippen LogP contribution in [0.25, 0.3) is 10.4 Å². The zero-order chi connectivity index (χ0) is 57.3. The van der Waals surface area contributed by atoms with Gasteiger partial charge < -0.3 is 41.6 Å². The molecule has 3 aromatic carbocycles. The highest BCUT2D eigenvalue weighted by Gasteiger charge is 2.27. The Balaban J connectivity index is 0.00000123. The molecule has 8 N–H and O–H groups in total. The lowest BCUT2D eigenvalue weighted by atomic mass is 10.0. The van der Waals surface area contributed by atoms with Crippen molar-refractivity contribution < 1.29 is 43.8 Å². The van der Waals surface area contributed by atoms with Gasteiger partial charge in [0.2, 0.25) is 17.7 Å². The molecular formula is C57H86ClN7O9S2. The Kier molecular flexibility index (Phi) is 40.0. The number of benzene rings is 3. The van der Waals surface area contributed by atoms with E-state index >= 15 is 0 Å². The monoisotopic (exact) mass is 1110 g/mol. The molecule has 2 aliphatic rings. The van der Waals surface area contributed by atoms with Gasteiger partial charge in [0, 0.05) is 80.5 Å². The van der Waals surface area contributed by atoms with Crippen LogP contribution in [-0.4, -0.2) is 103 Å². The van der Waals surface area contributed by atoms with Crippen LogP contribution in [0.3, 0.4) is 0 Å². The third kappa shape index (κ3) is 26.8. The minimum Gasteiger partial charge on any atom is -0.483 e. The van der Waals surface area contributed by atoms with Crippen LogP contribution in [0.5, 0.6) is 0 Å². The second-order valence-corrected chi connectivity index (χ2v) is 18.9. The van der Waals surface area contributed by atoms with Gasteiger partial charge in [0.25, 0.3) is 6.47 Å². The topological polar surface area (TPSA) is 235 Å². The molecule has 2 aliphatic heterocycles. The quantitative estimate of drug-likeness (QED) is 0.0158. The van der Waals surface area contributed by atoms with E-state index in [0.717, 1.165) is 91.8 Å². The zero-order valence-electron chi connectivity index (χ0n) is 46.4. The molecule has 1 aromatic heterocycles. The number of imide groups is 1. The van der Waals surface area contributed by atoms with Gasteiger partial charge in [-0.05, 0) is 91.6 Å². The van der Waals surface area contributed by atoms with Crippen LogP contribution < -0.4 is 31.9 Å². The normalized spacial score (nSPS) is 13.5. The number of amides is 3. The summed E-state index contributed by atoms with van der Waals surface area (Å²) in [5, 5.41) is 35.0. The maximum absolute atomic E-state index is 12.1. The van der Waals surface area contributed by atoms with Gasteiger partial charge in [-0.15, -0.1) is 11.3 Å². The Hall–Kier alpha value is -5.79. The number of nitrogens with one attached hydrogen (secondary N) is 6. The van der Waals surface area contributed by atoms with E-state index in [9.17, 15) is 33.9 Å². The van der Waals surface area contributed by atoms with E-state index in [1.807, 2.05) is 72.7 Å². The minimum atomic E-state index is -0.931. The molecule has 422 valence electrons. The predicted molar refractivity (Wildman–Crippen MR) is 316 cm³/mol. The molecule has 0 aliphatic carbocycles. The number of aldehydes is 2. The lowest BCUT2D eigenvalue weighted by Crippen LogP contribution is -2.50. The van der Waals surface area contributed by atoms with Gasteiger partial charge in [0.15, 0.2) is 0 Å². The fourth-order valence-electron chi connectivity index (χ4n) is 7.34. The first-order valence-electron chi connectivity index (χ1n) is 26.5. The fraction of sp³-hybridized carbons (Fsp3) is 0.491. The van der Waals surface area contributed by atoms with Gasteiger partial charge in [-0.3, -0.25) is 33.6 Å². The molecule has 1 unspecified atom stereocenters. The molecule has 3 heterocycles. The number of carboxylic acid groups (broad SMARTS) is 2. The first-order chi connectivity index (χ1) is 36.8. The van der Waals surface area contributed by atoms with E-state index in [0.29, 0.717) is 57.7 Å². The predicted octanol–water partition coefficient (Wildman–Crippen LogP) is 12.1. The number of unbranched alkanes of at least 4 members (excludes halogenated alkanes) is 4. The van der Waals surface area contributed by atoms with Gasteiger partial charge in [0.1, 0.15) is 17.4 Å². The van der Waals surface area contributed by atoms with Crippen molar-refractivity contribution in [2.24, 2.45) is 0 Å². The van der Waals surface area contributed by atoms with Crippen LogP contribution in [0.4, 0.5) is 17.1 Å². The molecule has 2 saturated heterocycles. The summed E-state index contributed by atoms with van der Waals surface area (Å²) < 4.78 is 2.46. The first-order valence-corrected chi connectivity index (χ1v) is 28.7. The van der Waals surface area contributed by atoms with Gasteiger partial charge in [0.05, 0.1) is 22.5 Å². The molecule has 2 fully saturated rings. The van der Waals surface area contributed by atoms with Crippen molar-refractivity contribution in [1.29, 1.82) is 0 Å². The molecule has 0 spiro atoms. The SMILES string of the molecule is CC.CC.CC.CCC.CNc1cccc(CSN2CCC(Nc3cccc(-c4sc(C(=O)O)c(C)c4Cl)c3)CC2)c1.O=CCCCCCCNC(=O)CNc1cccc(C=O)c1CNC1CCC(=O)NC1=O.O=CO. The van der Waals surface area contributed by atoms with Crippen LogP contribution in [-0.2, 0) is 36.3 Å². The molecule has 0 saturated carbocycles. The largest absolute Gasteiger partial charge is 0.483 e. The maximum atomic E-state index is 12.1. The summed E-state index contributed by atoms with van der Waals surface area (Å²) in [5.74, 6) is -0.770. The lowest BCUT2D eigenvalue weighted by Gasteiger charge is -2.32. The molecule has 1 atom stereocenters. The summed E-state index contributed by atoms with van der Waals surface area (Å²) in [5.41, 5.74) is 6.85. The fourth-order valence-corrected chi connectivity index (χ4v) is 9.73. The Morgan fingerprint density at radius 2 is 1.51 bits per heavy atom. The van der Waals surface area contributed by atoms with E-state index < -0.39 is 12.0 Å². The van der Waals surface area contributed by atoms with Gasteiger partial charge in [-0.2, -0.15) is 0 Å². The number of thiophene rings is 1. The number of rotatable bonds is 22. The van der Waals surface area contributed by atoms with E-state index in [1.165, 1.54) is 23.3 Å². The molecule has 16 nitrogen and oxygen atoms in total. The Labute approximate surface area is 465 Å². The van der Waals surface area contributed by atoms with Crippen LogP contribution in [0, 0.1) is 6.92 Å². The average Bonchev–Trinajstić information content (AvgIpc) is 3.75. The molecular weight excluding hydrogens is 1030 g/mol. The van der Waals surface area contributed by atoms with E-state index in [1.54, 1.807) is 25.1 Å². The molecule has 19 heteroatoms. The lowest BCUT2D eigenvalue weighted by molar-refractivity contribution is -0.135. The number of anilines is 3. The summed E-state index contributed by atoms with van der Waals surface area (Å²) >= 11 is 9.60. The molecule has 0 bridgehead atoms. The van der Waals surface area contributed by atoms with Crippen LogP contribution in [0.2, 0.25) is 5.02 Å². The second kappa shape index (κ2) is 43.3. The van der Waals surface area contributed by atoms with Gasteiger partial charge >= 0.3 is 5.97 Å². The van der Waals surface area contributed by atoms with Crippen LogP contribution in [0.15, 0.2) is 66.7 Å². The second-order valence-electron chi connectivity index (χ2n) is 16.4. The maximum Gasteiger partial charge on any atom is 0.346 e. The number of nitrogens with zero attached hydrogens (tertiary/aromatic N) is 1. The Morgan fingerprint density at radius 3 is 2.12 bits per heavy atom. The number of carbonyl (C=O) groups excluding carboxylic acids is 5. The number of hydrogen-bond donors (Lipinski definition) is 8. The zero-order valence-corrected chi connectivity index (χ0v) is 48.8. The van der Waals surface area contributed by atoms with Crippen molar-refractivity contribution in [2.75, 3.05) is 49.2 Å². The number of piperidine rings is 2. The number of hydrogen-bond acceptors (Lipinski definition) is 14. The van der Waals surface area contributed by atoms with E-state index in [4.69, 9.17) is 21.5 Å². The van der Waals surface area contributed by atoms with E-state index in [2.05, 4.69) is 86.5 Å². The molecule has 3 amide bonds. The molecule has 0 radical (unpaired) electrons. The summed E-state index contributed by atoms with van der Waals surface area (Å²) in [6, 6.07) is 21.7. The third-order valence-corrected chi connectivity index (χ3v) is 14.1. The Morgan fingerprint density at radius 1 is 0.882 bits per heavy atom. The van der Waals surface area contributed by atoms with Crippen LogP contribution in [0.1, 0.15) is 156 Å². The van der Waals surface area contributed by atoms with Crippen molar-refractivity contribution in [3.8, 4) is 10.4 Å². The highest BCUT2D eigenvalue weighted by Crippen LogP contribution is 2.41. The highest BCUT2D eigenvalue weighted by atomic mass is 35.5. The summed E-state index contributed by atoms with van der Waals surface area (Å²) in [6.45, 7) is 20.7. The van der Waals surface area contributed by atoms with Crippen molar-refractivity contribution in [2.45, 2.75) is 151 Å². The van der Waals surface area contributed by atoms with Crippen molar-refractivity contribution in [1.82, 2.24) is 20.3 Å². The smallest absolute Gasteiger partial charge is 0.346 e. The summed E-state index contributed by atoms with van der Waals surface area (Å²) in [6.07, 6.45) is 9.96. The standard InChI is InChI=1S/C25H28ClN3O2S2.C22H30N4O5.C3H8.3C2H6.CH2O2/c1-16-22(26)24(33-23(16)25(30)31)18-6-4-8-21(14-18)28-19-9-11-29(12-10-19)32-15-17-5-3-7-20(13-17)27-2;27-12-5-3-1-2-4-11-23-21(30)14-25-18-8-6-7-16(15-28)17(18)13-24-19-9-10-20(29)26-22(19)31;1-3-2;3*1-2;2-1-3/h3-8,13-14,19,27-28H,9-12,15H2,1-2H3,(H,30,31);6-8,12,15,19,24-25H,1-5,9-11,13-14H2,(H,23,30)(H,26,29,31);3H2,1-2H3;3*1-2H3;1H,(H,2,3). The average molecular weight is 1110 g/mol. The number of aromatic carboxylic acids is 1. The highest BCUT2D eigenvalue weighted by molar-refractivity contribution is 7.96. The number of carbonyl (C=O) groups is 7.